The highest BCUT2D eigenvalue weighted by Crippen LogP contribution is 2.20. The first-order chi connectivity index (χ1) is 26.0. The highest BCUT2D eigenvalue weighted by molar-refractivity contribution is 5.75. The van der Waals surface area contributed by atoms with Crippen LogP contribution in [0.4, 0.5) is 11.9 Å². The van der Waals surface area contributed by atoms with Gasteiger partial charge in [-0.1, -0.05) is 38.5 Å². The predicted octanol–water partition coefficient (Wildman–Crippen LogP) is -5.54. The van der Waals surface area contributed by atoms with Crippen molar-refractivity contribution in [2.75, 3.05) is 63.0 Å². The van der Waals surface area contributed by atoms with Crippen molar-refractivity contribution in [1.82, 2.24) is 37.4 Å². The molecular weight excluding hydrogens is 759 g/mol. The number of unbranched alkanes of at least 4 members (excludes halogenated alkanes) is 7. The second-order valence-electron chi connectivity index (χ2n) is 14.7. The zero-order chi connectivity index (χ0) is 39.4. The monoisotopic (exact) mass is 826 g/mol. The van der Waals surface area contributed by atoms with E-state index in [0.717, 1.165) is 126 Å². The third-order valence-corrected chi connectivity index (χ3v) is 11.2. The first-order valence-electron chi connectivity index (χ1n) is 20.5. The van der Waals surface area contributed by atoms with Crippen molar-refractivity contribution >= 4 is 34.2 Å². The van der Waals surface area contributed by atoms with Crippen LogP contribution in [0, 0.1) is 0 Å². The number of hydrogen-bond acceptors (Lipinski definition) is 8. The van der Waals surface area contributed by atoms with E-state index in [1.165, 1.54) is 23.2 Å². The van der Waals surface area contributed by atoms with Crippen LogP contribution < -0.4 is 67.7 Å². The van der Waals surface area contributed by atoms with Crippen LogP contribution in [0.3, 0.4) is 0 Å². The Morgan fingerprint density at radius 1 is 0.482 bits per heavy atom. The van der Waals surface area contributed by atoms with Gasteiger partial charge in [0.15, 0.2) is 22.3 Å². The summed E-state index contributed by atoms with van der Waals surface area (Å²) < 4.78 is 9.20. The van der Waals surface area contributed by atoms with E-state index in [-0.39, 0.29) is 47.3 Å². The molecule has 4 rings (SSSR count). The largest absolute Gasteiger partial charge is 1.00 e. The van der Waals surface area contributed by atoms with Crippen LogP contribution in [0.2, 0.25) is 0 Å². The standard InChI is InChI=1S/C38H66N12O4.2ClH/c1-9-47(10-2)25-21-23-39-35-41-31-29(33(51)45(7)37(53)43(31)5)49(35)27-19-17-15-13-14-16-18-20-28-50-30-32(44(6)38(54)46(8)34(30)52)42-36(50)40-24-22-26-48(11-3)12-4;;/h9-28H2,1-8H3,(H,39,41)(H,40,42);2*1H. The van der Waals surface area contributed by atoms with E-state index in [1.807, 2.05) is 9.13 Å². The lowest BCUT2D eigenvalue weighted by molar-refractivity contribution is -0.896. The maximum atomic E-state index is 13.2. The third-order valence-electron chi connectivity index (χ3n) is 11.2. The van der Waals surface area contributed by atoms with E-state index in [9.17, 15) is 19.2 Å². The maximum Gasteiger partial charge on any atom is 0.332 e. The molecule has 16 nitrogen and oxygen atoms in total. The summed E-state index contributed by atoms with van der Waals surface area (Å²) in [7, 11) is 6.39. The fourth-order valence-corrected chi connectivity index (χ4v) is 7.48. The fourth-order valence-electron chi connectivity index (χ4n) is 7.48. The number of fused-ring (bicyclic) bond motifs is 2. The molecule has 56 heavy (non-hydrogen) atoms. The normalized spacial score (nSPS) is 11.5. The van der Waals surface area contributed by atoms with Crippen LogP contribution in [0.5, 0.6) is 0 Å². The second-order valence-corrected chi connectivity index (χ2v) is 14.7. The molecule has 0 atom stereocenters. The van der Waals surface area contributed by atoms with Crippen molar-refractivity contribution in [3.05, 3.63) is 41.7 Å². The predicted molar refractivity (Wildman–Crippen MR) is 217 cm³/mol. The maximum absolute atomic E-state index is 13.2. The Bertz CT molecular complexity index is 1910. The van der Waals surface area contributed by atoms with Crippen molar-refractivity contribution in [3.63, 3.8) is 0 Å². The van der Waals surface area contributed by atoms with Crippen molar-refractivity contribution < 1.29 is 34.6 Å². The molecule has 318 valence electrons. The molecule has 18 heteroatoms. The van der Waals surface area contributed by atoms with Gasteiger partial charge in [0.1, 0.15) is 0 Å². The van der Waals surface area contributed by atoms with Gasteiger partial charge in [0.05, 0.1) is 39.3 Å². The van der Waals surface area contributed by atoms with Crippen LogP contribution in [-0.2, 0) is 41.3 Å². The van der Waals surface area contributed by atoms with Crippen LogP contribution in [-0.4, -0.2) is 89.7 Å². The molecule has 4 aromatic heterocycles. The highest BCUT2D eigenvalue weighted by Gasteiger charge is 2.20. The second kappa shape index (κ2) is 23.6. The van der Waals surface area contributed by atoms with E-state index in [2.05, 4.69) is 38.3 Å². The molecule has 0 bridgehead atoms. The van der Waals surface area contributed by atoms with Gasteiger partial charge in [0.25, 0.3) is 11.1 Å². The summed E-state index contributed by atoms with van der Waals surface area (Å²) in [6, 6.07) is 0. The van der Waals surface area contributed by atoms with Crippen molar-refractivity contribution in [1.29, 1.82) is 0 Å². The summed E-state index contributed by atoms with van der Waals surface area (Å²) in [5.41, 5.74) is 0.425. The minimum atomic E-state index is -0.373. The van der Waals surface area contributed by atoms with Crippen LogP contribution in [0.15, 0.2) is 19.2 Å². The van der Waals surface area contributed by atoms with Crippen molar-refractivity contribution in [2.24, 2.45) is 28.2 Å². The van der Waals surface area contributed by atoms with Gasteiger partial charge in [-0.05, 0) is 40.5 Å². The molecule has 0 aromatic carbocycles. The number of hydrogen-bond donors (Lipinski definition) is 4. The summed E-state index contributed by atoms with van der Waals surface area (Å²) in [6.07, 6.45) is 10.3. The summed E-state index contributed by atoms with van der Waals surface area (Å²) in [4.78, 5) is 64.3. The van der Waals surface area contributed by atoms with E-state index in [0.29, 0.717) is 47.3 Å². The lowest BCUT2D eigenvalue weighted by atomic mass is 10.1. The average Bonchev–Trinajstić information content (AvgIpc) is 3.73. The summed E-state index contributed by atoms with van der Waals surface area (Å²) >= 11 is 0. The number of quaternary nitrogens is 2. The lowest BCUT2D eigenvalue weighted by Crippen LogP contribution is -3.11. The molecule has 0 aliphatic rings. The summed E-state index contributed by atoms with van der Waals surface area (Å²) in [5, 5.41) is 6.93. The van der Waals surface area contributed by atoms with E-state index < -0.39 is 0 Å². The summed E-state index contributed by atoms with van der Waals surface area (Å²) in [5.74, 6) is 1.31. The average molecular weight is 828 g/mol. The topological polar surface area (TPSA) is 157 Å². The van der Waals surface area contributed by atoms with Gasteiger partial charge in [-0.2, -0.15) is 9.97 Å². The minimum Gasteiger partial charge on any atom is -1.00 e. The molecule has 0 radical (unpaired) electrons. The van der Waals surface area contributed by atoms with E-state index in [4.69, 9.17) is 9.97 Å². The Balaban J connectivity index is 0.00000541. The first-order valence-corrected chi connectivity index (χ1v) is 20.5. The number of nitrogens with zero attached hydrogens (tertiary/aromatic N) is 8. The van der Waals surface area contributed by atoms with Gasteiger partial charge in [0, 0.05) is 67.2 Å². The quantitative estimate of drug-likeness (QED) is 0.0483. The fraction of sp³-hybridized carbons (Fsp3) is 0.737. The molecule has 0 unspecified atom stereocenters. The molecule has 0 aliphatic carbocycles. The number of rotatable bonds is 25. The smallest absolute Gasteiger partial charge is 0.332 e. The molecule has 0 aliphatic heterocycles. The minimum absolute atomic E-state index is 0. The molecule has 0 amide bonds. The van der Waals surface area contributed by atoms with Gasteiger partial charge >= 0.3 is 11.4 Å². The van der Waals surface area contributed by atoms with Crippen LogP contribution in [0.1, 0.15) is 91.9 Å². The summed E-state index contributed by atoms with van der Waals surface area (Å²) in [6.45, 7) is 18.2. The third kappa shape index (κ3) is 11.5. The Morgan fingerprint density at radius 3 is 1.12 bits per heavy atom. The molecular formula is C38H68Cl2N12O4. The first kappa shape index (κ1) is 48.5. The molecule has 0 spiro atoms. The Morgan fingerprint density at radius 2 is 0.804 bits per heavy atom. The molecule has 0 saturated heterocycles. The van der Waals surface area contributed by atoms with Crippen molar-refractivity contribution in [2.45, 2.75) is 105 Å². The van der Waals surface area contributed by atoms with Crippen LogP contribution in [0.25, 0.3) is 22.3 Å². The molecule has 4 aromatic rings. The van der Waals surface area contributed by atoms with E-state index in [1.54, 1.807) is 23.9 Å². The number of imidazole rings is 2. The van der Waals surface area contributed by atoms with Gasteiger partial charge < -0.3 is 54.4 Å². The van der Waals surface area contributed by atoms with Gasteiger partial charge in [-0.25, -0.2) is 9.59 Å². The number of aromatic nitrogens is 8. The number of halogens is 2. The van der Waals surface area contributed by atoms with Gasteiger partial charge in [-0.15, -0.1) is 0 Å². The van der Waals surface area contributed by atoms with Crippen molar-refractivity contribution in [3.8, 4) is 0 Å². The Kier molecular flexibility index (Phi) is 20.4. The van der Waals surface area contributed by atoms with E-state index >= 15 is 0 Å². The molecule has 0 fully saturated rings. The van der Waals surface area contributed by atoms with Gasteiger partial charge in [0.2, 0.25) is 11.9 Å². The van der Waals surface area contributed by atoms with Crippen LogP contribution >= 0.6 is 0 Å². The molecule has 4 N–H and O–H groups in total. The Labute approximate surface area is 343 Å². The SMILES string of the molecule is CC[NH+](CC)CCCNc1nc2c(c(=O)n(C)c(=O)n2C)n1CCCCCCCCCCn1c(NCCC[NH+](CC)CC)nc2c1c(=O)n(C)c(=O)n2C.[Cl-].[Cl-]. The lowest BCUT2D eigenvalue weighted by Gasteiger charge is -2.15. The Hall–Kier alpha value is -3.60. The number of anilines is 2. The zero-order valence-corrected chi connectivity index (χ0v) is 36.6. The molecule has 0 saturated carbocycles. The zero-order valence-electron chi connectivity index (χ0n) is 35.1. The molecule has 4 heterocycles. The highest BCUT2D eigenvalue weighted by atomic mass is 35.5. The number of aryl methyl sites for hydroxylation is 4. The van der Waals surface area contributed by atoms with Gasteiger partial charge in [-0.3, -0.25) is 27.9 Å². The number of nitrogens with one attached hydrogen (secondary N) is 4.